The molecule has 0 radical (unpaired) electrons. The third-order valence-electron chi connectivity index (χ3n) is 4.19. The molecule has 32 heavy (non-hydrogen) atoms. The van der Waals surface area contributed by atoms with E-state index in [1.54, 1.807) is 22.9 Å². The van der Waals surface area contributed by atoms with Crippen LogP contribution in [0.5, 0.6) is 0 Å². The van der Waals surface area contributed by atoms with Gasteiger partial charge in [-0.25, -0.2) is 14.8 Å². The van der Waals surface area contributed by atoms with E-state index in [1.807, 2.05) is 17.5 Å². The number of hydrogen-bond donors (Lipinski definition) is 1. The molecule has 12 heteroatoms. The maximum absolute atomic E-state index is 12.4. The van der Waals surface area contributed by atoms with Crippen LogP contribution in [-0.2, 0) is 9.53 Å². The minimum Gasteiger partial charge on any atom is -0.448 e. The highest BCUT2D eigenvalue weighted by atomic mass is 32.1. The van der Waals surface area contributed by atoms with Crippen LogP contribution in [0, 0.1) is 10.1 Å². The Bertz CT molecular complexity index is 1280. The Morgan fingerprint density at radius 3 is 2.72 bits per heavy atom. The van der Waals surface area contributed by atoms with Crippen LogP contribution >= 0.6 is 34.0 Å². The number of nitro benzene ring substituents is 1. The zero-order valence-electron chi connectivity index (χ0n) is 16.4. The SMILES string of the molecule is CC(OC(=O)c1csc(-c2cccs2)n1)C(=O)Nc1nc(-c2cccc([N+](=O)[O-])c2)cs1. The molecule has 1 aromatic carbocycles. The fraction of sp³-hybridized carbons (Fsp3) is 0.100. The van der Waals surface area contributed by atoms with Crippen LogP contribution in [0.4, 0.5) is 10.8 Å². The summed E-state index contributed by atoms with van der Waals surface area (Å²) in [7, 11) is 0. The van der Waals surface area contributed by atoms with Gasteiger partial charge in [0, 0.05) is 28.5 Å². The number of nitrogens with one attached hydrogen (secondary N) is 1. The molecule has 0 aliphatic carbocycles. The Morgan fingerprint density at radius 1 is 1.12 bits per heavy atom. The lowest BCUT2D eigenvalue weighted by molar-refractivity contribution is -0.384. The van der Waals surface area contributed by atoms with Crippen LogP contribution in [0.25, 0.3) is 21.1 Å². The number of hydrogen-bond acceptors (Lipinski definition) is 10. The lowest BCUT2D eigenvalue weighted by Crippen LogP contribution is -2.30. The molecule has 3 heterocycles. The van der Waals surface area contributed by atoms with Crippen molar-refractivity contribution in [2.24, 2.45) is 0 Å². The summed E-state index contributed by atoms with van der Waals surface area (Å²) in [6.07, 6.45) is -1.07. The van der Waals surface area contributed by atoms with Crippen molar-refractivity contribution in [1.82, 2.24) is 9.97 Å². The lowest BCUT2D eigenvalue weighted by Gasteiger charge is -2.11. The van der Waals surface area contributed by atoms with Gasteiger partial charge in [0.2, 0.25) is 0 Å². The number of amides is 1. The quantitative estimate of drug-likeness (QED) is 0.219. The molecule has 4 aromatic rings. The van der Waals surface area contributed by atoms with E-state index in [1.165, 1.54) is 41.7 Å². The Kier molecular flexibility index (Phi) is 6.35. The molecule has 0 aliphatic heterocycles. The normalized spacial score (nSPS) is 11.7. The molecule has 0 aliphatic rings. The van der Waals surface area contributed by atoms with Crippen molar-refractivity contribution < 1.29 is 19.2 Å². The first-order chi connectivity index (χ1) is 15.4. The standard InChI is InChI=1S/C20H14N4O5S3/c1-11(29-19(26)15-10-31-18(21-15)16-6-3-7-30-16)17(25)23-20-22-14(9-32-20)12-4-2-5-13(8-12)24(27)28/h2-11H,1H3,(H,22,23,25). The highest BCUT2D eigenvalue weighted by Crippen LogP contribution is 2.29. The van der Waals surface area contributed by atoms with E-state index in [0.29, 0.717) is 16.3 Å². The first-order valence-electron chi connectivity index (χ1n) is 9.12. The average Bonchev–Trinajstić information content (AvgIpc) is 3.54. The van der Waals surface area contributed by atoms with E-state index < -0.39 is 22.9 Å². The van der Waals surface area contributed by atoms with Crippen LogP contribution in [-0.4, -0.2) is 32.9 Å². The summed E-state index contributed by atoms with van der Waals surface area (Å²) in [5, 5.41) is 19.7. The summed E-state index contributed by atoms with van der Waals surface area (Å²) in [4.78, 5) is 44.7. The molecule has 1 N–H and O–H groups in total. The molecule has 0 saturated heterocycles. The molecule has 9 nitrogen and oxygen atoms in total. The van der Waals surface area contributed by atoms with Gasteiger partial charge in [0.15, 0.2) is 16.9 Å². The van der Waals surface area contributed by atoms with Gasteiger partial charge in [-0.2, -0.15) is 0 Å². The molecule has 0 saturated carbocycles. The van der Waals surface area contributed by atoms with E-state index in [9.17, 15) is 19.7 Å². The Morgan fingerprint density at radius 2 is 1.97 bits per heavy atom. The Labute approximate surface area is 193 Å². The number of nitro groups is 1. The van der Waals surface area contributed by atoms with Gasteiger partial charge in [-0.3, -0.25) is 20.2 Å². The number of rotatable bonds is 7. The molecule has 4 rings (SSSR count). The molecular formula is C20H14N4O5S3. The van der Waals surface area contributed by atoms with Crippen molar-refractivity contribution in [2.75, 3.05) is 5.32 Å². The number of non-ortho nitro benzene ring substituents is 1. The smallest absolute Gasteiger partial charge is 0.358 e. The summed E-state index contributed by atoms with van der Waals surface area (Å²) in [6, 6.07) is 9.86. The average molecular weight is 487 g/mol. The van der Waals surface area contributed by atoms with Crippen LogP contribution in [0.3, 0.4) is 0 Å². The number of ether oxygens (including phenoxy) is 1. The van der Waals surface area contributed by atoms with Gasteiger partial charge in [-0.1, -0.05) is 18.2 Å². The van der Waals surface area contributed by atoms with Crippen LogP contribution in [0.2, 0.25) is 0 Å². The van der Waals surface area contributed by atoms with Crippen LogP contribution in [0.1, 0.15) is 17.4 Å². The number of carbonyl (C=O) groups is 2. The van der Waals surface area contributed by atoms with Gasteiger partial charge in [0.25, 0.3) is 11.6 Å². The van der Waals surface area contributed by atoms with Crippen molar-refractivity contribution in [1.29, 1.82) is 0 Å². The number of thiophene rings is 1. The van der Waals surface area contributed by atoms with E-state index in [0.717, 1.165) is 16.2 Å². The topological polar surface area (TPSA) is 124 Å². The number of anilines is 1. The molecule has 1 unspecified atom stereocenters. The highest BCUT2D eigenvalue weighted by molar-refractivity contribution is 7.20. The fourth-order valence-electron chi connectivity index (χ4n) is 2.60. The van der Waals surface area contributed by atoms with Crippen molar-refractivity contribution in [2.45, 2.75) is 13.0 Å². The zero-order valence-corrected chi connectivity index (χ0v) is 18.8. The van der Waals surface area contributed by atoms with E-state index >= 15 is 0 Å². The summed E-state index contributed by atoms with van der Waals surface area (Å²) in [6.45, 7) is 1.45. The van der Waals surface area contributed by atoms with E-state index in [4.69, 9.17) is 4.74 Å². The number of benzene rings is 1. The first kappa shape index (κ1) is 21.7. The molecule has 1 amide bonds. The van der Waals surface area contributed by atoms with Gasteiger partial charge in [-0.05, 0) is 18.4 Å². The predicted octanol–water partition coefficient (Wildman–Crippen LogP) is 5.09. The number of nitrogens with zero attached hydrogens (tertiary/aromatic N) is 3. The lowest BCUT2D eigenvalue weighted by atomic mass is 10.1. The largest absolute Gasteiger partial charge is 0.448 e. The molecular weight excluding hydrogens is 472 g/mol. The molecule has 162 valence electrons. The third kappa shape index (κ3) is 4.88. The maximum atomic E-state index is 12.4. The molecule has 0 bridgehead atoms. The van der Waals surface area contributed by atoms with Gasteiger partial charge in [-0.15, -0.1) is 34.0 Å². The predicted molar refractivity (Wildman–Crippen MR) is 123 cm³/mol. The van der Waals surface area contributed by atoms with Gasteiger partial charge >= 0.3 is 5.97 Å². The first-order valence-corrected chi connectivity index (χ1v) is 11.8. The van der Waals surface area contributed by atoms with E-state index in [-0.39, 0.29) is 16.5 Å². The van der Waals surface area contributed by atoms with Gasteiger partial charge in [0.1, 0.15) is 5.01 Å². The number of thiazole rings is 2. The Hall–Kier alpha value is -3.48. The number of carbonyl (C=O) groups excluding carboxylic acids is 2. The number of esters is 1. The van der Waals surface area contributed by atoms with Gasteiger partial charge < -0.3 is 4.74 Å². The van der Waals surface area contributed by atoms with Crippen molar-refractivity contribution in [3.05, 3.63) is 68.3 Å². The third-order valence-corrected chi connectivity index (χ3v) is 6.82. The second-order valence-corrected chi connectivity index (χ2v) is 9.06. The molecule has 0 spiro atoms. The van der Waals surface area contributed by atoms with Crippen molar-refractivity contribution in [3.63, 3.8) is 0 Å². The summed E-state index contributed by atoms with van der Waals surface area (Å²) in [5.74, 6) is -1.24. The van der Waals surface area contributed by atoms with E-state index in [2.05, 4.69) is 15.3 Å². The maximum Gasteiger partial charge on any atom is 0.358 e. The summed E-state index contributed by atoms with van der Waals surface area (Å²) >= 11 is 4.00. The van der Waals surface area contributed by atoms with Crippen LogP contribution < -0.4 is 5.32 Å². The summed E-state index contributed by atoms with van der Waals surface area (Å²) < 4.78 is 5.23. The molecule has 1 atom stereocenters. The van der Waals surface area contributed by atoms with Crippen molar-refractivity contribution >= 4 is 56.7 Å². The van der Waals surface area contributed by atoms with Crippen LogP contribution in [0.15, 0.2) is 52.5 Å². The van der Waals surface area contributed by atoms with Crippen molar-refractivity contribution in [3.8, 4) is 21.1 Å². The summed E-state index contributed by atoms with van der Waals surface area (Å²) in [5.41, 5.74) is 1.13. The number of aromatic nitrogens is 2. The van der Waals surface area contributed by atoms with Gasteiger partial charge in [0.05, 0.1) is 15.5 Å². The Balaban J connectivity index is 1.37. The second kappa shape index (κ2) is 9.34. The second-order valence-electron chi connectivity index (χ2n) is 6.40. The zero-order chi connectivity index (χ0) is 22.7. The molecule has 3 aromatic heterocycles. The fourth-order valence-corrected chi connectivity index (χ4v) is 4.93. The minimum atomic E-state index is -1.07. The monoisotopic (exact) mass is 486 g/mol. The minimum absolute atomic E-state index is 0.0501. The highest BCUT2D eigenvalue weighted by Gasteiger charge is 2.22. The molecule has 0 fully saturated rings.